The number of rotatable bonds is 11. The lowest BCUT2D eigenvalue weighted by Gasteiger charge is -2.43. The van der Waals surface area contributed by atoms with Gasteiger partial charge in [0, 0.05) is 0 Å². The number of aryl methyl sites for hydroxylation is 1. The van der Waals surface area contributed by atoms with Crippen molar-refractivity contribution in [2.75, 3.05) is 6.61 Å². The SMILES string of the molecule is Cc1ccc(S(=O)(=O)N[C@@H](C[C@H](O)CO[Si](c2ccccc2)(c2ccccc2)C(C)(C)C)c2ccco2)cc1. The van der Waals surface area contributed by atoms with E-state index in [1.54, 1.807) is 36.4 Å². The Kier molecular flexibility index (Phi) is 8.93. The number of aliphatic hydroxyl groups is 1. The predicted octanol–water partition coefficient (Wildman–Crippen LogP) is 4.94. The van der Waals surface area contributed by atoms with Crippen molar-refractivity contribution in [2.45, 2.75) is 56.2 Å². The lowest BCUT2D eigenvalue weighted by Crippen LogP contribution is -2.67. The van der Waals surface area contributed by atoms with Crippen molar-refractivity contribution >= 4 is 28.7 Å². The average Bonchev–Trinajstić information content (AvgIpc) is 3.45. The van der Waals surface area contributed by atoms with Gasteiger partial charge in [-0.3, -0.25) is 0 Å². The van der Waals surface area contributed by atoms with Crippen molar-refractivity contribution in [1.29, 1.82) is 0 Å². The zero-order chi connectivity index (χ0) is 28.1. The van der Waals surface area contributed by atoms with Crippen LogP contribution in [0.3, 0.4) is 0 Å². The third-order valence-corrected chi connectivity index (χ3v) is 13.4. The second-order valence-corrected chi connectivity index (χ2v) is 16.9. The van der Waals surface area contributed by atoms with E-state index in [1.165, 1.54) is 6.26 Å². The number of hydrogen-bond donors (Lipinski definition) is 2. The number of benzene rings is 3. The molecule has 0 unspecified atom stereocenters. The van der Waals surface area contributed by atoms with Crippen molar-refractivity contribution in [3.63, 3.8) is 0 Å². The summed E-state index contributed by atoms with van der Waals surface area (Å²) in [5.41, 5.74) is 0.965. The molecule has 0 aliphatic carbocycles. The van der Waals surface area contributed by atoms with Gasteiger partial charge in [-0.2, -0.15) is 0 Å². The molecule has 3 aromatic carbocycles. The molecule has 39 heavy (non-hydrogen) atoms. The van der Waals surface area contributed by atoms with Gasteiger partial charge in [-0.25, -0.2) is 13.1 Å². The van der Waals surface area contributed by atoms with E-state index in [4.69, 9.17) is 8.84 Å². The minimum Gasteiger partial charge on any atom is -0.468 e. The van der Waals surface area contributed by atoms with E-state index in [9.17, 15) is 13.5 Å². The van der Waals surface area contributed by atoms with Crippen LogP contribution in [-0.2, 0) is 14.4 Å². The van der Waals surface area contributed by atoms with Crippen LogP contribution in [0, 0.1) is 6.92 Å². The zero-order valence-electron chi connectivity index (χ0n) is 22.9. The van der Waals surface area contributed by atoms with Crippen LogP contribution in [0.5, 0.6) is 0 Å². The summed E-state index contributed by atoms with van der Waals surface area (Å²) in [7, 11) is -6.71. The smallest absolute Gasteiger partial charge is 0.261 e. The molecule has 0 aliphatic heterocycles. The highest BCUT2D eigenvalue weighted by Crippen LogP contribution is 2.37. The monoisotopic (exact) mass is 563 g/mol. The van der Waals surface area contributed by atoms with Crippen molar-refractivity contribution in [3.05, 3.63) is 115 Å². The summed E-state index contributed by atoms with van der Waals surface area (Å²) < 4.78 is 41.5. The van der Waals surface area contributed by atoms with Crippen LogP contribution in [0.15, 0.2) is 113 Å². The van der Waals surface area contributed by atoms with E-state index < -0.39 is 30.5 Å². The highest BCUT2D eigenvalue weighted by atomic mass is 32.2. The number of aliphatic hydroxyl groups excluding tert-OH is 1. The average molecular weight is 564 g/mol. The molecule has 1 heterocycles. The van der Waals surface area contributed by atoms with Crippen LogP contribution < -0.4 is 15.1 Å². The molecule has 2 N–H and O–H groups in total. The van der Waals surface area contributed by atoms with Crippen LogP contribution in [0.2, 0.25) is 5.04 Å². The molecular weight excluding hydrogens is 526 g/mol. The maximum Gasteiger partial charge on any atom is 0.261 e. The highest BCUT2D eigenvalue weighted by Gasteiger charge is 2.50. The number of nitrogens with one attached hydrogen (secondary N) is 1. The summed E-state index contributed by atoms with van der Waals surface area (Å²) in [6.07, 6.45) is 0.618. The van der Waals surface area contributed by atoms with Crippen LogP contribution in [0.4, 0.5) is 0 Å². The van der Waals surface area contributed by atoms with Gasteiger partial charge in [0.15, 0.2) is 0 Å². The first-order valence-corrected chi connectivity index (χ1v) is 16.5. The lowest BCUT2D eigenvalue weighted by molar-refractivity contribution is 0.0856. The van der Waals surface area contributed by atoms with E-state index in [1.807, 2.05) is 43.3 Å². The molecule has 1 aromatic heterocycles. The number of furan rings is 1. The minimum atomic E-state index is -3.85. The summed E-state index contributed by atoms with van der Waals surface area (Å²) in [5, 5.41) is 13.2. The van der Waals surface area contributed by atoms with Gasteiger partial charge in [-0.1, -0.05) is 99.1 Å². The Balaban J connectivity index is 1.60. The fraction of sp³-hybridized carbons (Fsp3) is 0.290. The summed E-state index contributed by atoms with van der Waals surface area (Å²) in [4.78, 5) is 0.155. The number of sulfonamides is 1. The number of hydrogen-bond acceptors (Lipinski definition) is 5. The fourth-order valence-corrected chi connectivity index (χ4v) is 10.8. The van der Waals surface area contributed by atoms with Crippen LogP contribution >= 0.6 is 0 Å². The Morgan fingerprint density at radius 1 is 0.872 bits per heavy atom. The second kappa shape index (κ2) is 12.0. The van der Waals surface area contributed by atoms with Gasteiger partial charge in [-0.15, -0.1) is 0 Å². The maximum absolute atomic E-state index is 13.2. The summed E-state index contributed by atoms with van der Waals surface area (Å²) >= 11 is 0. The zero-order valence-corrected chi connectivity index (χ0v) is 24.7. The Labute approximate surface area is 232 Å². The maximum atomic E-state index is 13.2. The minimum absolute atomic E-state index is 0.0384. The molecule has 6 nitrogen and oxygen atoms in total. The first kappa shape index (κ1) is 29.0. The molecule has 206 valence electrons. The van der Waals surface area contributed by atoms with Crippen molar-refractivity contribution in [2.24, 2.45) is 0 Å². The second-order valence-electron chi connectivity index (χ2n) is 10.9. The molecule has 0 bridgehead atoms. The van der Waals surface area contributed by atoms with Gasteiger partial charge in [0.2, 0.25) is 10.0 Å². The third kappa shape index (κ3) is 6.59. The van der Waals surface area contributed by atoms with E-state index >= 15 is 0 Å². The van der Waals surface area contributed by atoms with Gasteiger partial charge in [0.25, 0.3) is 8.32 Å². The summed E-state index contributed by atoms with van der Waals surface area (Å²) in [5.74, 6) is 0.426. The van der Waals surface area contributed by atoms with Crippen molar-refractivity contribution in [3.8, 4) is 0 Å². The Hall–Kier alpha value is -3.01. The standard InChI is InChI=1S/C31H37NO5SSi/c1-24-17-19-26(20-18-24)38(34,35)32-29(30-16-11-21-36-30)22-25(33)23-37-39(31(2,3)4,27-12-7-5-8-13-27)28-14-9-6-10-15-28/h5-21,25,29,32-33H,22-23H2,1-4H3/t25-,29-/m0/s1. The molecule has 0 aliphatic rings. The van der Waals surface area contributed by atoms with Crippen molar-refractivity contribution in [1.82, 2.24) is 4.72 Å². The Morgan fingerprint density at radius 3 is 1.92 bits per heavy atom. The largest absolute Gasteiger partial charge is 0.468 e. The van der Waals surface area contributed by atoms with Crippen LogP contribution in [0.25, 0.3) is 0 Å². The third-order valence-electron chi connectivity index (χ3n) is 6.93. The van der Waals surface area contributed by atoms with Crippen LogP contribution in [0.1, 0.15) is 44.6 Å². The van der Waals surface area contributed by atoms with Crippen LogP contribution in [-0.4, -0.2) is 34.6 Å². The quantitative estimate of drug-likeness (QED) is 0.253. The first-order chi connectivity index (χ1) is 18.5. The lowest BCUT2D eigenvalue weighted by atomic mass is 10.1. The first-order valence-electron chi connectivity index (χ1n) is 13.1. The molecule has 4 aromatic rings. The molecule has 8 heteroatoms. The molecule has 0 saturated carbocycles. The summed E-state index contributed by atoms with van der Waals surface area (Å²) in [6.45, 7) is 8.46. The molecule has 0 radical (unpaired) electrons. The molecular formula is C31H37NO5SSi. The topological polar surface area (TPSA) is 88.8 Å². The van der Waals surface area contributed by atoms with Gasteiger partial charge in [0.1, 0.15) is 5.76 Å². The Bertz CT molecular complexity index is 1380. The van der Waals surface area contributed by atoms with E-state index in [0.717, 1.165) is 15.9 Å². The summed E-state index contributed by atoms with van der Waals surface area (Å²) in [6, 6.07) is 29.7. The molecule has 0 fully saturated rings. The van der Waals surface area contributed by atoms with Gasteiger partial charge in [-0.05, 0) is 53.0 Å². The highest BCUT2D eigenvalue weighted by molar-refractivity contribution is 7.89. The normalized spacial score (nSPS) is 14.2. The van der Waals surface area contributed by atoms with Gasteiger partial charge >= 0.3 is 0 Å². The van der Waals surface area contributed by atoms with Gasteiger partial charge < -0.3 is 13.9 Å². The molecule has 0 spiro atoms. The van der Waals surface area contributed by atoms with E-state index in [2.05, 4.69) is 49.8 Å². The molecule has 0 amide bonds. The predicted molar refractivity (Wildman–Crippen MR) is 157 cm³/mol. The van der Waals surface area contributed by atoms with E-state index in [-0.39, 0.29) is 23.0 Å². The van der Waals surface area contributed by atoms with Gasteiger partial charge in [0.05, 0.1) is 29.9 Å². The molecule has 2 atom stereocenters. The fourth-order valence-electron chi connectivity index (χ4n) is 5.01. The van der Waals surface area contributed by atoms with Crippen molar-refractivity contribution < 1.29 is 22.4 Å². The van der Waals surface area contributed by atoms with E-state index in [0.29, 0.717) is 5.76 Å². The molecule has 0 saturated heterocycles. The molecule has 4 rings (SSSR count). The Morgan fingerprint density at radius 2 is 1.44 bits per heavy atom.